The lowest BCUT2D eigenvalue weighted by molar-refractivity contribution is -0.154. The first-order valence-corrected chi connectivity index (χ1v) is 7.59. The standard InChI is InChI=1S/C14H20N2O4S/c1-9(2)15-14(19)16-13(18)10(3)20-12(17)7-6-11-5-4-8-21-11/h4-5,8-10H,6-7H2,1-3H3,(H2,15,16,18,19)/t10-/m1/s1. The molecule has 0 bridgehead atoms. The fraction of sp³-hybridized carbons (Fsp3) is 0.500. The summed E-state index contributed by atoms with van der Waals surface area (Å²) in [7, 11) is 0. The molecule has 0 aromatic carbocycles. The van der Waals surface area contributed by atoms with Crippen LogP contribution in [0.1, 0.15) is 32.1 Å². The molecule has 6 nitrogen and oxygen atoms in total. The van der Waals surface area contributed by atoms with Gasteiger partial charge in [0.2, 0.25) is 0 Å². The molecule has 1 aromatic heterocycles. The van der Waals surface area contributed by atoms with Gasteiger partial charge in [0.15, 0.2) is 6.10 Å². The van der Waals surface area contributed by atoms with Gasteiger partial charge in [0, 0.05) is 10.9 Å². The molecule has 0 aliphatic rings. The lowest BCUT2D eigenvalue weighted by atomic mass is 10.2. The Morgan fingerprint density at radius 1 is 1.29 bits per heavy atom. The van der Waals surface area contributed by atoms with E-state index < -0.39 is 24.0 Å². The summed E-state index contributed by atoms with van der Waals surface area (Å²) >= 11 is 1.56. The van der Waals surface area contributed by atoms with E-state index in [4.69, 9.17) is 4.74 Å². The van der Waals surface area contributed by atoms with Crippen molar-refractivity contribution in [2.75, 3.05) is 0 Å². The van der Waals surface area contributed by atoms with Crippen molar-refractivity contribution in [3.05, 3.63) is 22.4 Å². The second-order valence-corrected chi connectivity index (χ2v) is 5.86. The average Bonchev–Trinajstić information content (AvgIpc) is 2.88. The number of thiophene rings is 1. The lowest BCUT2D eigenvalue weighted by Gasteiger charge is -2.14. The molecule has 2 N–H and O–H groups in total. The molecule has 0 aliphatic carbocycles. The van der Waals surface area contributed by atoms with Crippen molar-refractivity contribution in [2.24, 2.45) is 0 Å². The van der Waals surface area contributed by atoms with E-state index in [0.29, 0.717) is 6.42 Å². The Morgan fingerprint density at radius 2 is 2.00 bits per heavy atom. The van der Waals surface area contributed by atoms with Gasteiger partial charge in [-0.1, -0.05) is 6.07 Å². The van der Waals surface area contributed by atoms with E-state index in [0.717, 1.165) is 4.88 Å². The van der Waals surface area contributed by atoms with Gasteiger partial charge in [-0.2, -0.15) is 0 Å². The van der Waals surface area contributed by atoms with Crippen molar-refractivity contribution in [1.82, 2.24) is 10.6 Å². The molecular formula is C14H20N2O4S. The maximum Gasteiger partial charge on any atom is 0.321 e. The Balaban J connectivity index is 2.30. The first kappa shape index (κ1) is 17.2. The Morgan fingerprint density at radius 3 is 2.57 bits per heavy atom. The number of imide groups is 1. The molecule has 1 rings (SSSR count). The maximum atomic E-state index is 11.7. The van der Waals surface area contributed by atoms with Crippen molar-refractivity contribution < 1.29 is 19.1 Å². The summed E-state index contributed by atoms with van der Waals surface area (Å²) < 4.78 is 4.99. The number of carbonyl (C=O) groups excluding carboxylic acids is 3. The molecule has 0 saturated carbocycles. The number of urea groups is 1. The molecule has 0 spiro atoms. The van der Waals surface area contributed by atoms with Crippen LogP contribution in [0.15, 0.2) is 17.5 Å². The third-order valence-electron chi connectivity index (χ3n) is 2.49. The van der Waals surface area contributed by atoms with E-state index in [2.05, 4.69) is 10.6 Å². The molecule has 0 fully saturated rings. The largest absolute Gasteiger partial charge is 0.453 e. The number of nitrogens with one attached hydrogen (secondary N) is 2. The van der Waals surface area contributed by atoms with Crippen LogP contribution in [0.25, 0.3) is 0 Å². The van der Waals surface area contributed by atoms with Crippen molar-refractivity contribution in [2.45, 2.75) is 45.8 Å². The Kier molecular flexibility index (Phi) is 6.87. The first-order chi connectivity index (χ1) is 9.88. The third kappa shape index (κ3) is 6.89. The number of amides is 3. The van der Waals surface area contributed by atoms with E-state index in [1.807, 2.05) is 17.5 Å². The molecule has 0 unspecified atom stereocenters. The smallest absolute Gasteiger partial charge is 0.321 e. The number of esters is 1. The molecule has 0 radical (unpaired) electrons. The third-order valence-corrected chi connectivity index (χ3v) is 3.43. The summed E-state index contributed by atoms with van der Waals surface area (Å²) in [5.41, 5.74) is 0. The van der Waals surface area contributed by atoms with Gasteiger partial charge >= 0.3 is 12.0 Å². The SMILES string of the molecule is CC(C)NC(=O)NC(=O)[C@@H](C)OC(=O)CCc1cccs1. The van der Waals surface area contributed by atoms with Crippen LogP contribution < -0.4 is 10.6 Å². The molecule has 0 saturated heterocycles. The van der Waals surface area contributed by atoms with Gasteiger partial charge in [-0.05, 0) is 38.6 Å². The monoisotopic (exact) mass is 312 g/mol. The van der Waals surface area contributed by atoms with Gasteiger partial charge in [-0.3, -0.25) is 14.9 Å². The number of rotatable bonds is 6. The summed E-state index contributed by atoms with van der Waals surface area (Å²) in [6, 6.07) is 3.16. The lowest BCUT2D eigenvalue weighted by Crippen LogP contribution is -2.46. The van der Waals surface area contributed by atoms with Crippen LogP contribution in [-0.4, -0.2) is 30.1 Å². The minimum atomic E-state index is -1.00. The van der Waals surface area contributed by atoms with E-state index in [-0.39, 0.29) is 12.5 Å². The first-order valence-electron chi connectivity index (χ1n) is 6.71. The van der Waals surface area contributed by atoms with Gasteiger partial charge in [0.1, 0.15) is 0 Å². The highest BCUT2D eigenvalue weighted by Crippen LogP contribution is 2.11. The minimum absolute atomic E-state index is 0.0820. The number of ether oxygens (including phenoxy) is 1. The van der Waals surface area contributed by atoms with Gasteiger partial charge in [-0.25, -0.2) is 4.79 Å². The van der Waals surface area contributed by atoms with E-state index in [1.165, 1.54) is 6.92 Å². The maximum absolute atomic E-state index is 11.7. The molecule has 1 atom stereocenters. The van der Waals surface area contributed by atoms with Crippen LogP contribution >= 0.6 is 11.3 Å². The fourth-order valence-corrected chi connectivity index (χ4v) is 2.21. The van der Waals surface area contributed by atoms with Crippen molar-refractivity contribution in [3.8, 4) is 0 Å². The van der Waals surface area contributed by atoms with Crippen LogP contribution in [0.4, 0.5) is 4.79 Å². The van der Waals surface area contributed by atoms with Gasteiger partial charge in [0.05, 0.1) is 6.42 Å². The Hall–Kier alpha value is -1.89. The molecule has 1 heterocycles. The molecule has 1 aromatic rings. The molecule has 21 heavy (non-hydrogen) atoms. The van der Waals surface area contributed by atoms with E-state index >= 15 is 0 Å². The number of carbonyl (C=O) groups is 3. The van der Waals surface area contributed by atoms with Gasteiger partial charge in [0.25, 0.3) is 5.91 Å². The summed E-state index contributed by atoms with van der Waals surface area (Å²) in [5, 5.41) is 6.57. The summed E-state index contributed by atoms with van der Waals surface area (Å²) in [6.45, 7) is 4.98. The van der Waals surface area contributed by atoms with Crippen LogP contribution in [-0.2, 0) is 20.7 Å². The van der Waals surface area contributed by atoms with Gasteiger partial charge in [-0.15, -0.1) is 11.3 Å². The second-order valence-electron chi connectivity index (χ2n) is 4.83. The summed E-state index contributed by atoms with van der Waals surface area (Å²) in [6.07, 6.45) is -0.214. The molecule has 116 valence electrons. The molecular weight excluding hydrogens is 292 g/mol. The minimum Gasteiger partial charge on any atom is -0.453 e. The zero-order valence-electron chi connectivity index (χ0n) is 12.3. The zero-order valence-corrected chi connectivity index (χ0v) is 13.2. The topological polar surface area (TPSA) is 84.5 Å². The zero-order chi connectivity index (χ0) is 15.8. The van der Waals surface area contributed by atoms with Crippen molar-refractivity contribution in [1.29, 1.82) is 0 Å². The van der Waals surface area contributed by atoms with Crippen molar-refractivity contribution in [3.63, 3.8) is 0 Å². The molecule has 0 aliphatic heterocycles. The van der Waals surface area contributed by atoms with Crippen LogP contribution in [0, 0.1) is 0 Å². The molecule has 7 heteroatoms. The second kappa shape index (κ2) is 8.41. The van der Waals surface area contributed by atoms with Crippen molar-refractivity contribution >= 4 is 29.2 Å². The number of aryl methyl sites for hydroxylation is 1. The van der Waals surface area contributed by atoms with Gasteiger partial charge < -0.3 is 10.1 Å². The highest BCUT2D eigenvalue weighted by Gasteiger charge is 2.20. The van der Waals surface area contributed by atoms with Crippen LogP contribution in [0.3, 0.4) is 0 Å². The Labute approximate surface area is 127 Å². The quantitative estimate of drug-likeness (QED) is 0.785. The Bertz CT molecular complexity index is 485. The van der Waals surface area contributed by atoms with Crippen LogP contribution in [0.5, 0.6) is 0 Å². The average molecular weight is 312 g/mol. The molecule has 3 amide bonds. The van der Waals surface area contributed by atoms with Crippen LogP contribution in [0.2, 0.25) is 0 Å². The number of hydrogen-bond acceptors (Lipinski definition) is 5. The van der Waals surface area contributed by atoms with E-state index in [9.17, 15) is 14.4 Å². The highest BCUT2D eigenvalue weighted by molar-refractivity contribution is 7.09. The highest BCUT2D eigenvalue weighted by atomic mass is 32.1. The normalized spacial score (nSPS) is 11.8. The number of hydrogen-bond donors (Lipinski definition) is 2. The summed E-state index contributed by atoms with van der Waals surface area (Å²) in [5.74, 6) is -1.10. The van der Waals surface area contributed by atoms with E-state index in [1.54, 1.807) is 25.2 Å². The predicted molar refractivity (Wildman–Crippen MR) is 80.0 cm³/mol. The predicted octanol–water partition coefficient (Wildman–Crippen LogP) is 1.85. The fourth-order valence-electron chi connectivity index (χ4n) is 1.50. The summed E-state index contributed by atoms with van der Waals surface area (Å²) in [4.78, 5) is 35.7.